The summed E-state index contributed by atoms with van der Waals surface area (Å²) in [5.41, 5.74) is 6.81. The lowest BCUT2D eigenvalue weighted by atomic mass is 10.0. The van der Waals surface area contributed by atoms with Gasteiger partial charge in [-0.2, -0.15) is 0 Å². The quantitative estimate of drug-likeness (QED) is 0.863. The molecular formula is C15H17N3O. The summed E-state index contributed by atoms with van der Waals surface area (Å²) < 4.78 is 0. The zero-order valence-electron chi connectivity index (χ0n) is 10.8. The van der Waals surface area contributed by atoms with Crippen LogP contribution in [-0.2, 0) is 0 Å². The molecule has 0 aliphatic heterocycles. The van der Waals surface area contributed by atoms with Gasteiger partial charge < -0.3 is 11.1 Å². The zero-order chi connectivity index (χ0) is 13.7. The monoisotopic (exact) mass is 255 g/mol. The van der Waals surface area contributed by atoms with Crippen molar-refractivity contribution in [3.63, 3.8) is 0 Å². The van der Waals surface area contributed by atoms with Crippen LogP contribution in [-0.4, -0.2) is 10.9 Å². The first kappa shape index (κ1) is 13.1. The summed E-state index contributed by atoms with van der Waals surface area (Å²) in [4.78, 5) is 15.2. The Morgan fingerprint density at radius 3 is 2.53 bits per heavy atom. The van der Waals surface area contributed by atoms with Gasteiger partial charge in [0, 0.05) is 6.20 Å². The van der Waals surface area contributed by atoms with Gasteiger partial charge in [0.05, 0.1) is 11.6 Å². The van der Waals surface area contributed by atoms with Gasteiger partial charge >= 0.3 is 0 Å². The number of aromatic nitrogens is 1. The van der Waals surface area contributed by atoms with E-state index < -0.39 is 5.91 Å². The Morgan fingerprint density at radius 2 is 2.00 bits per heavy atom. The number of anilines is 1. The molecule has 4 nitrogen and oxygen atoms in total. The van der Waals surface area contributed by atoms with E-state index in [4.69, 9.17) is 5.73 Å². The molecule has 1 heterocycles. The molecule has 1 atom stereocenters. The van der Waals surface area contributed by atoms with E-state index in [1.165, 1.54) is 11.8 Å². The van der Waals surface area contributed by atoms with Gasteiger partial charge in [0.15, 0.2) is 0 Å². The molecule has 0 saturated heterocycles. The van der Waals surface area contributed by atoms with Crippen molar-refractivity contribution >= 4 is 11.7 Å². The number of hydrogen-bond donors (Lipinski definition) is 2. The second-order valence-corrected chi connectivity index (χ2v) is 4.31. The lowest BCUT2D eigenvalue weighted by molar-refractivity contribution is 0.1000. The third-order valence-corrected chi connectivity index (χ3v) is 2.98. The van der Waals surface area contributed by atoms with Gasteiger partial charge in [-0.15, -0.1) is 0 Å². The summed E-state index contributed by atoms with van der Waals surface area (Å²) in [6.45, 7) is 2.11. The Bertz CT molecular complexity index is 537. The van der Waals surface area contributed by atoms with Gasteiger partial charge in [-0.05, 0) is 24.1 Å². The van der Waals surface area contributed by atoms with Crippen LogP contribution in [0.25, 0.3) is 0 Å². The maximum absolute atomic E-state index is 11.0. The molecule has 0 fully saturated rings. The van der Waals surface area contributed by atoms with Crippen molar-refractivity contribution in [1.29, 1.82) is 0 Å². The smallest absolute Gasteiger partial charge is 0.250 e. The predicted octanol–water partition coefficient (Wildman–Crippen LogP) is 2.74. The highest BCUT2D eigenvalue weighted by molar-refractivity contribution is 5.92. The third kappa shape index (κ3) is 3.31. The molecular weight excluding hydrogens is 238 g/mol. The second kappa shape index (κ2) is 6.00. The van der Waals surface area contributed by atoms with Crippen LogP contribution in [0.15, 0.2) is 48.7 Å². The number of nitrogens with zero attached hydrogens (tertiary/aromatic N) is 1. The summed E-state index contributed by atoms with van der Waals surface area (Å²) in [6, 6.07) is 13.8. The fourth-order valence-electron chi connectivity index (χ4n) is 1.91. The molecule has 0 aliphatic rings. The maximum atomic E-state index is 11.0. The first-order valence-corrected chi connectivity index (χ1v) is 6.28. The number of pyridine rings is 1. The Labute approximate surface area is 112 Å². The number of benzene rings is 1. The van der Waals surface area contributed by atoms with E-state index in [1.54, 1.807) is 12.1 Å². The highest BCUT2D eigenvalue weighted by atomic mass is 16.1. The number of hydrogen-bond acceptors (Lipinski definition) is 3. The Hall–Kier alpha value is -2.36. The van der Waals surface area contributed by atoms with E-state index in [0.29, 0.717) is 5.56 Å². The molecule has 0 aliphatic carbocycles. The fourth-order valence-corrected chi connectivity index (χ4v) is 1.91. The Balaban J connectivity index is 2.12. The number of nitrogens with one attached hydrogen (secondary N) is 1. The molecule has 1 unspecified atom stereocenters. The summed E-state index contributed by atoms with van der Waals surface area (Å²) in [5, 5.41) is 3.35. The number of primary amides is 1. The van der Waals surface area contributed by atoms with Crippen molar-refractivity contribution in [2.45, 2.75) is 19.4 Å². The van der Waals surface area contributed by atoms with Gasteiger partial charge in [-0.1, -0.05) is 37.3 Å². The highest BCUT2D eigenvalue weighted by Crippen LogP contribution is 2.21. The predicted molar refractivity (Wildman–Crippen MR) is 75.9 cm³/mol. The Kier molecular flexibility index (Phi) is 4.13. The lowest BCUT2D eigenvalue weighted by Crippen LogP contribution is -2.13. The third-order valence-electron chi connectivity index (χ3n) is 2.98. The van der Waals surface area contributed by atoms with Gasteiger partial charge in [0.2, 0.25) is 5.91 Å². The number of rotatable bonds is 5. The number of carbonyl (C=O) groups is 1. The average molecular weight is 255 g/mol. The molecule has 98 valence electrons. The van der Waals surface area contributed by atoms with Gasteiger partial charge in [0.25, 0.3) is 0 Å². The minimum atomic E-state index is -0.464. The van der Waals surface area contributed by atoms with Crippen molar-refractivity contribution in [1.82, 2.24) is 4.98 Å². The molecule has 3 N–H and O–H groups in total. The maximum Gasteiger partial charge on any atom is 0.250 e. The van der Waals surface area contributed by atoms with E-state index in [0.717, 1.165) is 12.2 Å². The standard InChI is InChI=1S/C15H17N3O/c1-2-13(11-6-4-3-5-7-11)18-14-9-8-12(10-17-14)15(16)19/h3-10,13H,2H2,1H3,(H2,16,19)(H,17,18). The van der Waals surface area contributed by atoms with Crippen molar-refractivity contribution in [3.05, 3.63) is 59.8 Å². The first-order valence-electron chi connectivity index (χ1n) is 6.28. The van der Waals surface area contributed by atoms with Crippen LogP contribution in [0.5, 0.6) is 0 Å². The molecule has 2 aromatic rings. The van der Waals surface area contributed by atoms with Crippen molar-refractivity contribution in [3.8, 4) is 0 Å². The van der Waals surface area contributed by atoms with Crippen molar-refractivity contribution in [2.24, 2.45) is 5.73 Å². The van der Waals surface area contributed by atoms with Crippen LogP contribution >= 0.6 is 0 Å². The number of carbonyl (C=O) groups excluding carboxylic acids is 1. The summed E-state index contributed by atoms with van der Waals surface area (Å²) >= 11 is 0. The largest absolute Gasteiger partial charge is 0.366 e. The van der Waals surface area contributed by atoms with Crippen molar-refractivity contribution in [2.75, 3.05) is 5.32 Å². The minimum absolute atomic E-state index is 0.202. The summed E-state index contributed by atoms with van der Waals surface area (Å²) in [6.07, 6.45) is 2.44. The van der Waals surface area contributed by atoms with Gasteiger partial charge in [0.1, 0.15) is 5.82 Å². The fraction of sp³-hybridized carbons (Fsp3) is 0.200. The topological polar surface area (TPSA) is 68.0 Å². The normalized spacial score (nSPS) is 11.8. The van der Waals surface area contributed by atoms with Crippen LogP contribution in [0.4, 0.5) is 5.82 Å². The molecule has 0 saturated carbocycles. The SMILES string of the molecule is CCC(Nc1ccc(C(N)=O)cn1)c1ccccc1. The van der Waals surface area contributed by atoms with Crippen LogP contribution in [0.1, 0.15) is 35.3 Å². The number of nitrogens with two attached hydrogens (primary N) is 1. The van der Waals surface area contributed by atoms with Crippen LogP contribution in [0, 0.1) is 0 Å². The molecule has 4 heteroatoms. The van der Waals surface area contributed by atoms with E-state index in [1.807, 2.05) is 18.2 Å². The Morgan fingerprint density at radius 1 is 1.26 bits per heavy atom. The molecule has 0 spiro atoms. The lowest BCUT2D eigenvalue weighted by Gasteiger charge is -2.18. The van der Waals surface area contributed by atoms with Crippen LogP contribution in [0.2, 0.25) is 0 Å². The second-order valence-electron chi connectivity index (χ2n) is 4.31. The average Bonchev–Trinajstić information content (AvgIpc) is 2.46. The molecule has 1 aromatic carbocycles. The van der Waals surface area contributed by atoms with Crippen molar-refractivity contribution < 1.29 is 4.79 Å². The highest BCUT2D eigenvalue weighted by Gasteiger charge is 2.09. The molecule has 19 heavy (non-hydrogen) atoms. The zero-order valence-corrected chi connectivity index (χ0v) is 10.8. The summed E-state index contributed by atoms with van der Waals surface area (Å²) in [7, 11) is 0. The molecule has 2 rings (SSSR count). The molecule has 0 radical (unpaired) electrons. The van der Waals surface area contributed by atoms with Crippen LogP contribution < -0.4 is 11.1 Å². The van der Waals surface area contributed by atoms with E-state index in [2.05, 4.69) is 29.4 Å². The summed E-state index contributed by atoms with van der Waals surface area (Å²) in [5.74, 6) is 0.273. The van der Waals surface area contributed by atoms with E-state index in [-0.39, 0.29) is 6.04 Å². The number of amides is 1. The van der Waals surface area contributed by atoms with Gasteiger partial charge in [-0.25, -0.2) is 4.98 Å². The molecule has 1 amide bonds. The van der Waals surface area contributed by atoms with Crippen LogP contribution in [0.3, 0.4) is 0 Å². The van der Waals surface area contributed by atoms with Gasteiger partial charge in [-0.3, -0.25) is 4.79 Å². The van der Waals surface area contributed by atoms with E-state index in [9.17, 15) is 4.79 Å². The first-order chi connectivity index (χ1) is 9.20. The minimum Gasteiger partial charge on any atom is -0.366 e. The molecule has 1 aromatic heterocycles. The van der Waals surface area contributed by atoms with E-state index >= 15 is 0 Å². The molecule has 0 bridgehead atoms.